The monoisotopic (exact) mass is 277 g/mol. The molecule has 1 saturated heterocycles. The molecule has 1 aromatic carbocycles. The predicted octanol–water partition coefficient (Wildman–Crippen LogP) is 1.74. The molecule has 0 radical (unpaired) electrons. The SMILES string of the molecule is O=C(O)C1(c2cc(N3CCOCC3)ccc2O)CCC1. The van der Waals surface area contributed by atoms with Crippen molar-refractivity contribution in [1.82, 2.24) is 0 Å². The zero-order chi connectivity index (χ0) is 14.2. The number of hydrogen-bond donors (Lipinski definition) is 2. The molecule has 2 aliphatic rings. The zero-order valence-corrected chi connectivity index (χ0v) is 11.3. The first-order valence-electron chi connectivity index (χ1n) is 7.03. The Morgan fingerprint density at radius 1 is 1.25 bits per heavy atom. The van der Waals surface area contributed by atoms with Crippen LogP contribution in [0.4, 0.5) is 5.69 Å². The number of phenols is 1. The first-order chi connectivity index (χ1) is 9.63. The van der Waals surface area contributed by atoms with Gasteiger partial charge >= 0.3 is 5.97 Å². The Labute approximate surface area is 117 Å². The quantitative estimate of drug-likeness (QED) is 0.880. The number of ether oxygens (including phenoxy) is 1. The number of aromatic hydroxyl groups is 1. The van der Waals surface area contributed by atoms with Crippen LogP contribution < -0.4 is 4.90 Å². The third-order valence-corrected chi connectivity index (χ3v) is 4.49. The zero-order valence-electron chi connectivity index (χ0n) is 11.3. The molecule has 1 aromatic rings. The van der Waals surface area contributed by atoms with Gasteiger partial charge in [0, 0.05) is 24.3 Å². The lowest BCUT2D eigenvalue weighted by Gasteiger charge is -2.39. The van der Waals surface area contributed by atoms with E-state index < -0.39 is 11.4 Å². The lowest BCUT2D eigenvalue weighted by molar-refractivity contribution is -0.147. The van der Waals surface area contributed by atoms with Gasteiger partial charge in [0.15, 0.2) is 0 Å². The highest BCUT2D eigenvalue weighted by molar-refractivity contribution is 5.84. The van der Waals surface area contributed by atoms with Gasteiger partial charge in [-0.2, -0.15) is 0 Å². The van der Waals surface area contributed by atoms with Crippen LogP contribution in [0.3, 0.4) is 0 Å². The highest BCUT2D eigenvalue weighted by atomic mass is 16.5. The van der Waals surface area contributed by atoms with Crippen LogP contribution in [0, 0.1) is 0 Å². The van der Waals surface area contributed by atoms with Gasteiger partial charge in [0.05, 0.1) is 18.6 Å². The van der Waals surface area contributed by atoms with Crippen molar-refractivity contribution in [2.24, 2.45) is 0 Å². The molecule has 0 amide bonds. The van der Waals surface area contributed by atoms with Gasteiger partial charge < -0.3 is 19.8 Å². The topological polar surface area (TPSA) is 70.0 Å². The molecule has 1 saturated carbocycles. The number of morpholine rings is 1. The summed E-state index contributed by atoms with van der Waals surface area (Å²) < 4.78 is 5.33. The Bertz CT molecular complexity index is 519. The van der Waals surface area contributed by atoms with E-state index in [2.05, 4.69) is 4.90 Å². The molecule has 5 heteroatoms. The summed E-state index contributed by atoms with van der Waals surface area (Å²) in [7, 11) is 0. The van der Waals surface area contributed by atoms with Crippen LogP contribution in [-0.4, -0.2) is 42.5 Å². The van der Waals surface area contributed by atoms with Gasteiger partial charge in [-0.25, -0.2) is 0 Å². The number of anilines is 1. The maximum Gasteiger partial charge on any atom is 0.314 e. The summed E-state index contributed by atoms with van der Waals surface area (Å²) >= 11 is 0. The lowest BCUT2D eigenvalue weighted by Crippen LogP contribution is -2.42. The van der Waals surface area contributed by atoms with Crippen molar-refractivity contribution in [3.8, 4) is 5.75 Å². The lowest BCUT2D eigenvalue weighted by atomic mass is 9.64. The van der Waals surface area contributed by atoms with E-state index in [9.17, 15) is 15.0 Å². The Hall–Kier alpha value is -1.75. The van der Waals surface area contributed by atoms with Gasteiger partial charge in [-0.1, -0.05) is 6.42 Å². The minimum atomic E-state index is -0.896. The van der Waals surface area contributed by atoms with E-state index in [1.807, 2.05) is 12.1 Å². The van der Waals surface area contributed by atoms with Crippen LogP contribution in [0.2, 0.25) is 0 Å². The molecule has 0 spiro atoms. The highest BCUT2D eigenvalue weighted by Gasteiger charge is 2.47. The van der Waals surface area contributed by atoms with E-state index in [1.165, 1.54) is 0 Å². The van der Waals surface area contributed by atoms with Crippen LogP contribution in [0.25, 0.3) is 0 Å². The molecule has 20 heavy (non-hydrogen) atoms. The number of carbonyl (C=O) groups is 1. The van der Waals surface area contributed by atoms with Gasteiger partial charge in [-0.15, -0.1) is 0 Å². The smallest absolute Gasteiger partial charge is 0.314 e. The maximum absolute atomic E-state index is 11.6. The Kier molecular flexibility index (Phi) is 3.30. The fraction of sp³-hybridized carbons (Fsp3) is 0.533. The first kappa shape index (κ1) is 13.2. The molecular weight excluding hydrogens is 258 g/mol. The number of nitrogens with zero attached hydrogens (tertiary/aromatic N) is 1. The number of rotatable bonds is 3. The van der Waals surface area contributed by atoms with Gasteiger partial charge in [-0.3, -0.25) is 4.79 Å². The largest absolute Gasteiger partial charge is 0.508 e. The Balaban J connectivity index is 1.96. The van der Waals surface area contributed by atoms with Gasteiger partial charge in [0.2, 0.25) is 0 Å². The maximum atomic E-state index is 11.6. The third-order valence-electron chi connectivity index (χ3n) is 4.49. The Morgan fingerprint density at radius 2 is 1.95 bits per heavy atom. The number of carboxylic acids is 1. The van der Waals surface area contributed by atoms with Crippen LogP contribution >= 0.6 is 0 Å². The van der Waals surface area contributed by atoms with Crippen molar-refractivity contribution >= 4 is 11.7 Å². The molecular formula is C15H19NO4. The third kappa shape index (κ3) is 2.02. The van der Waals surface area contributed by atoms with Crippen molar-refractivity contribution in [1.29, 1.82) is 0 Å². The van der Waals surface area contributed by atoms with Crippen LogP contribution in [0.1, 0.15) is 24.8 Å². The minimum absolute atomic E-state index is 0.0871. The fourth-order valence-electron chi connectivity index (χ4n) is 3.05. The number of carboxylic acid groups (broad SMARTS) is 1. The molecule has 5 nitrogen and oxygen atoms in total. The normalized spacial score (nSPS) is 21.3. The number of aliphatic carboxylic acids is 1. The van der Waals surface area contributed by atoms with E-state index in [0.29, 0.717) is 31.6 Å². The molecule has 1 aliphatic heterocycles. The Morgan fingerprint density at radius 3 is 2.50 bits per heavy atom. The molecule has 2 fully saturated rings. The summed E-state index contributed by atoms with van der Waals surface area (Å²) in [6.07, 6.45) is 2.10. The molecule has 108 valence electrons. The average Bonchev–Trinajstić information content (AvgIpc) is 2.40. The average molecular weight is 277 g/mol. The van der Waals surface area contributed by atoms with E-state index in [0.717, 1.165) is 25.2 Å². The van der Waals surface area contributed by atoms with Gasteiger partial charge in [0.25, 0.3) is 0 Å². The van der Waals surface area contributed by atoms with Crippen molar-refractivity contribution in [3.05, 3.63) is 23.8 Å². The molecule has 3 rings (SSSR count). The van der Waals surface area contributed by atoms with E-state index in [4.69, 9.17) is 4.74 Å². The molecule has 0 unspecified atom stereocenters. The minimum Gasteiger partial charge on any atom is -0.508 e. The summed E-state index contributed by atoms with van der Waals surface area (Å²) in [5, 5.41) is 19.6. The molecule has 0 aromatic heterocycles. The number of phenolic OH excluding ortho intramolecular Hbond substituents is 1. The first-order valence-corrected chi connectivity index (χ1v) is 7.03. The van der Waals surface area contributed by atoms with Crippen LogP contribution in [0.5, 0.6) is 5.75 Å². The fourth-order valence-corrected chi connectivity index (χ4v) is 3.05. The summed E-state index contributed by atoms with van der Waals surface area (Å²) in [6.45, 7) is 2.95. The van der Waals surface area contributed by atoms with Crippen molar-refractivity contribution < 1.29 is 19.7 Å². The second-order valence-electron chi connectivity index (χ2n) is 5.54. The molecule has 1 heterocycles. The molecule has 0 bridgehead atoms. The van der Waals surface area contributed by atoms with E-state index in [1.54, 1.807) is 6.07 Å². The van der Waals surface area contributed by atoms with Gasteiger partial charge in [-0.05, 0) is 31.0 Å². The van der Waals surface area contributed by atoms with E-state index >= 15 is 0 Å². The van der Waals surface area contributed by atoms with Crippen LogP contribution in [0.15, 0.2) is 18.2 Å². The summed E-state index contributed by atoms with van der Waals surface area (Å²) in [4.78, 5) is 13.8. The molecule has 1 aliphatic carbocycles. The second-order valence-corrected chi connectivity index (χ2v) is 5.54. The predicted molar refractivity (Wildman–Crippen MR) is 74.3 cm³/mol. The summed E-state index contributed by atoms with van der Waals surface area (Å²) in [5.41, 5.74) is 0.626. The number of hydrogen-bond acceptors (Lipinski definition) is 4. The van der Waals surface area contributed by atoms with Crippen molar-refractivity contribution in [3.63, 3.8) is 0 Å². The second kappa shape index (κ2) is 4.98. The summed E-state index contributed by atoms with van der Waals surface area (Å²) in [5.74, 6) is -0.748. The molecule has 2 N–H and O–H groups in total. The highest BCUT2D eigenvalue weighted by Crippen LogP contribution is 2.48. The van der Waals surface area contributed by atoms with Crippen molar-refractivity contribution in [2.75, 3.05) is 31.2 Å². The van der Waals surface area contributed by atoms with Gasteiger partial charge in [0.1, 0.15) is 5.75 Å². The standard InChI is InChI=1S/C15H19NO4/c17-13-3-2-11(16-6-8-20-9-7-16)10-12(13)15(14(18)19)4-1-5-15/h2-3,10,17H,1,4-9H2,(H,18,19). The van der Waals surface area contributed by atoms with E-state index in [-0.39, 0.29) is 5.75 Å². The summed E-state index contributed by atoms with van der Waals surface area (Å²) in [6, 6.07) is 5.30. The van der Waals surface area contributed by atoms with Crippen molar-refractivity contribution in [2.45, 2.75) is 24.7 Å². The number of benzene rings is 1. The molecule has 0 atom stereocenters. The van der Waals surface area contributed by atoms with Crippen LogP contribution in [-0.2, 0) is 14.9 Å².